The highest BCUT2D eigenvalue weighted by Crippen LogP contribution is 2.39. The zero-order valence-electron chi connectivity index (χ0n) is 16.9. The number of ether oxygens (including phenoxy) is 2. The molecule has 32 heavy (non-hydrogen) atoms. The quantitative estimate of drug-likeness (QED) is 0.556. The molecule has 1 saturated heterocycles. The summed E-state index contributed by atoms with van der Waals surface area (Å²) in [4.78, 5) is 1.86. The van der Waals surface area contributed by atoms with Gasteiger partial charge in [0.05, 0.1) is 24.4 Å². The summed E-state index contributed by atoms with van der Waals surface area (Å²) in [5.41, 5.74) is 0.827. The van der Waals surface area contributed by atoms with E-state index < -0.39 is 48.9 Å². The molecule has 1 fully saturated rings. The Bertz CT molecular complexity index is 954. The average molecular weight is 455 g/mol. The number of benzene rings is 2. The first kappa shape index (κ1) is 22.8. The van der Waals surface area contributed by atoms with Crippen LogP contribution in [0, 0.1) is 0 Å². The summed E-state index contributed by atoms with van der Waals surface area (Å²) < 4.78 is 50.5. The Balaban J connectivity index is 1.62. The molecule has 0 bridgehead atoms. The van der Waals surface area contributed by atoms with Crippen LogP contribution < -0.4 is 9.64 Å². The first-order chi connectivity index (χ1) is 15.2. The van der Waals surface area contributed by atoms with Gasteiger partial charge in [0.2, 0.25) is 0 Å². The Kier molecular flexibility index (Phi) is 6.33. The first-order valence-corrected chi connectivity index (χ1v) is 10.2. The van der Waals surface area contributed by atoms with E-state index in [0.717, 1.165) is 12.1 Å². The maximum Gasteiger partial charge on any atom is 0.416 e. The van der Waals surface area contributed by atoms with Crippen molar-refractivity contribution in [2.75, 3.05) is 24.7 Å². The molecule has 0 amide bonds. The zero-order valence-corrected chi connectivity index (χ0v) is 16.9. The van der Waals surface area contributed by atoms with E-state index in [1.54, 1.807) is 24.3 Å². The first-order valence-electron chi connectivity index (χ1n) is 10.2. The number of alkyl halides is 3. The van der Waals surface area contributed by atoms with E-state index in [4.69, 9.17) is 9.47 Å². The highest BCUT2D eigenvalue weighted by Gasteiger charge is 2.44. The zero-order chi connectivity index (χ0) is 23.0. The van der Waals surface area contributed by atoms with Gasteiger partial charge in [0, 0.05) is 6.54 Å². The van der Waals surface area contributed by atoms with E-state index >= 15 is 0 Å². The van der Waals surface area contributed by atoms with E-state index in [0.29, 0.717) is 35.7 Å². The minimum atomic E-state index is -4.44. The number of hydrogen-bond acceptors (Lipinski definition) is 7. The smallest absolute Gasteiger partial charge is 0.416 e. The number of anilines is 1. The van der Waals surface area contributed by atoms with Gasteiger partial charge in [-0.05, 0) is 35.4 Å². The molecule has 0 saturated carbocycles. The van der Waals surface area contributed by atoms with E-state index in [2.05, 4.69) is 0 Å². The Morgan fingerprint density at radius 2 is 1.78 bits per heavy atom. The summed E-state index contributed by atoms with van der Waals surface area (Å²) in [6.07, 6.45) is -10.9. The predicted molar refractivity (Wildman–Crippen MR) is 107 cm³/mol. The molecular weight excluding hydrogens is 431 g/mol. The number of fused-ring (bicyclic) bond motifs is 1. The largest absolute Gasteiger partial charge is 0.490 e. The van der Waals surface area contributed by atoms with Crippen LogP contribution in [0.15, 0.2) is 42.5 Å². The van der Waals surface area contributed by atoms with Crippen molar-refractivity contribution in [3.05, 3.63) is 59.2 Å². The van der Waals surface area contributed by atoms with Crippen LogP contribution in [0.5, 0.6) is 5.75 Å². The van der Waals surface area contributed by atoms with Crippen molar-refractivity contribution in [2.45, 2.75) is 43.2 Å². The van der Waals surface area contributed by atoms with Crippen molar-refractivity contribution in [3.8, 4) is 5.75 Å². The van der Waals surface area contributed by atoms with Crippen molar-refractivity contribution in [1.29, 1.82) is 0 Å². The molecule has 4 N–H and O–H groups in total. The lowest BCUT2D eigenvalue weighted by atomic mass is 9.91. The molecule has 7 nitrogen and oxygen atoms in total. The number of halogens is 3. The summed E-state index contributed by atoms with van der Waals surface area (Å²) in [5, 5.41) is 39.9. The molecule has 10 heteroatoms. The van der Waals surface area contributed by atoms with Crippen molar-refractivity contribution in [3.63, 3.8) is 0 Å². The third kappa shape index (κ3) is 4.41. The van der Waals surface area contributed by atoms with Crippen LogP contribution in [-0.2, 0) is 17.5 Å². The van der Waals surface area contributed by atoms with Gasteiger partial charge in [0.1, 0.15) is 42.9 Å². The van der Waals surface area contributed by atoms with Gasteiger partial charge in [-0.2, -0.15) is 13.2 Å². The summed E-state index contributed by atoms with van der Waals surface area (Å²) in [6.45, 7) is 0.447. The minimum absolute atomic E-state index is 0.207. The molecule has 2 aliphatic rings. The molecule has 2 aliphatic heterocycles. The third-order valence-corrected chi connectivity index (χ3v) is 5.79. The summed E-state index contributed by atoms with van der Waals surface area (Å²) in [7, 11) is 0. The van der Waals surface area contributed by atoms with Crippen molar-refractivity contribution >= 4 is 5.69 Å². The van der Waals surface area contributed by atoms with Gasteiger partial charge in [-0.25, -0.2) is 0 Å². The second-order valence-corrected chi connectivity index (χ2v) is 7.94. The lowest BCUT2D eigenvalue weighted by Gasteiger charge is -2.40. The van der Waals surface area contributed by atoms with Crippen molar-refractivity contribution in [1.82, 2.24) is 0 Å². The van der Waals surface area contributed by atoms with Crippen molar-refractivity contribution < 1.29 is 43.1 Å². The fraction of sp³-hybridized carbons (Fsp3) is 0.455. The lowest BCUT2D eigenvalue weighted by molar-refractivity contribution is -0.231. The van der Waals surface area contributed by atoms with Crippen LogP contribution in [0.1, 0.15) is 22.8 Å². The fourth-order valence-corrected chi connectivity index (χ4v) is 4.07. The standard InChI is InChI=1S/C22H24F3NO6/c23-22(24,25)14-3-1-2-12(8-14)10-26-6-7-31-16-5-4-13(9-15(16)26)21-20(30)19(29)18(28)17(11-27)32-21/h1-5,8-9,17-21,27-30H,6-7,10-11H2/t17-,18-,19+,20-,21+/m1/s1. The maximum absolute atomic E-state index is 13.1. The fourth-order valence-electron chi connectivity index (χ4n) is 4.07. The number of aliphatic hydroxyl groups is 4. The van der Waals surface area contributed by atoms with Gasteiger partial charge in [-0.15, -0.1) is 0 Å². The Labute approximate surface area is 182 Å². The van der Waals surface area contributed by atoms with E-state index in [1.165, 1.54) is 6.07 Å². The maximum atomic E-state index is 13.1. The van der Waals surface area contributed by atoms with Crippen LogP contribution in [-0.4, -0.2) is 64.6 Å². The average Bonchev–Trinajstić information content (AvgIpc) is 2.77. The van der Waals surface area contributed by atoms with Crippen LogP contribution in [0.4, 0.5) is 18.9 Å². The summed E-state index contributed by atoms with van der Waals surface area (Å²) in [5.74, 6) is 0.525. The van der Waals surface area contributed by atoms with E-state index in [9.17, 15) is 33.6 Å². The Morgan fingerprint density at radius 1 is 1.00 bits per heavy atom. The molecule has 5 atom stereocenters. The van der Waals surface area contributed by atoms with Crippen LogP contribution in [0.25, 0.3) is 0 Å². The molecule has 174 valence electrons. The second-order valence-electron chi connectivity index (χ2n) is 7.94. The van der Waals surface area contributed by atoms with Gasteiger partial charge >= 0.3 is 6.18 Å². The van der Waals surface area contributed by atoms with Gasteiger partial charge in [-0.3, -0.25) is 0 Å². The monoisotopic (exact) mass is 455 g/mol. The summed E-state index contributed by atoms with van der Waals surface area (Å²) >= 11 is 0. The van der Waals surface area contributed by atoms with Crippen LogP contribution in [0.3, 0.4) is 0 Å². The molecule has 0 unspecified atom stereocenters. The highest BCUT2D eigenvalue weighted by atomic mass is 19.4. The number of hydrogen-bond donors (Lipinski definition) is 4. The van der Waals surface area contributed by atoms with E-state index in [1.807, 2.05) is 4.90 Å². The molecule has 2 aromatic carbocycles. The highest BCUT2D eigenvalue weighted by molar-refractivity contribution is 5.62. The Hall–Kier alpha value is -2.37. The van der Waals surface area contributed by atoms with Crippen LogP contribution >= 0.6 is 0 Å². The molecule has 0 aromatic heterocycles. The SMILES string of the molecule is OC[C@H]1O[C@@H](c2ccc3c(c2)N(Cc2cccc(C(F)(F)F)c2)CCO3)[C@H](O)[C@@H](O)[C@@H]1O. The molecular formula is C22H24F3NO6. The molecule has 2 aromatic rings. The number of rotatable bonds is 4. The molecule has 2 heterocycles. The van der Waals surface area contributed by atoms with Gasteiger partial charge < -0.3 is 34.8 Å². The number of nitrogens with zero attached hydrogens (tertiary/aromatic N) is 1. The topological polar surface area (TPSA) is 103 Å². The van der Waals surface area contributed by atoms with Gasteiger partial charge in [0.15, 0.2) is 0 Å². The molecule has 4 rings (SSSR count). The number of aliphatic hydroxyl groups excluding tert-OH is 4. The van der Waals surface area contributed by atoms with Crippen LogP contribution in [0.2, 0.25) is 0 Å². The van der Waals surface area contributed by atoms with E-state index in [-0.39, 0.29) is 6.54 Å². The van der Waals surface area contributed by atoms with Gasteiger partial charge in [0.25, 0.3) is 0 Å². The second kappa shape index (κ2) is 8.87. The molecule has 0 aliphatic carbocycles. The van der Waals surface area contributed by atoms with Crippen molar-refractivity contribution in [2.24, 2.45) is 0 Å². The minimum Gasteiger partial charge on any atom is -0.490 e. The predicted octanol–water partition coefficient (Wildman–Crippen LogP) is 1.62. The molecule has 0 radical (unpaired) electrons. The Morgan fingerprint density at radius 3 is 2.50 bits per heavy atom. The summed E-state index contributed by atoms with van der Waals surface area (Å²) in [6, 6.07) is 10.1. The lowest BCUT2D eigenvalue weighted by Crippen LogP contribution is -2.55. The third-order valence-electron chi connectivity index (χ3n) is 5.79. The van der Waals surface area contributed by atoms with Gasteiger partial charge in [-0.1, -0.05) is 18.2 Å². The molecule has 0 spiro atoms. The normalized spacial score (nSPS) is 28.2.